The van der Waals surface area contributed by atoms with Gasteiger partial charge in [-0.2, -0.15) is 0 Å². The van der Waals surface area contributed by atoms with Gasteiger partial charge in [0.1, 0.15) is 11.6 Å². The van der Waals surface area contributed by atoms with Crippen LogP contribution in [0.15, 0.2) is 24.3 Å². The minimum Gasteiger partial charge on any atom is -0.331 e. The van der Waals surface area contributed by atoms with Crippen LogP contribution in [0.3, 0.4) is 0 Å². The number of Topliss-reactive ketones (excluding diaryl/α,β-unsaturated/α-hetero) is 1. The lowest BCUT2D eigenvalue weighted by molar-refractivity contribution is -0.117. The number of hydrogen-bond donors (Lipinski definition) is 0. The molecule has 1 aromatic carbocycles. The number of aryl methyl sites for hydroxylation is 2. The lowest BCUT2D eigenvalue weighted by Crippen LogP contribution is -1.99. The number of aromatic nitrogens is 2. The molecule has 2 aromatic rings. The Hall–Kier alpha value is -1.64. The van der Waals surface area contributed by atoms with Crippen molar-refractivity contribution in [3.8, 4) is 0 Å². The van der Waals surface area contributed by atoms with Crippen molar-refractivity contribution in [2.45, 2.75) is 26.2 Å². The summed E-state index contributed by atoms with van der Waals surface area (Å²) in [5.41, 5.74) is 2.18. The summed E-state index contributed by atoms with van der Waals surface area (Å²) < 4.78 is 2.11. The Morgan fingerprint density at radius 2 is 2.12 bits per heavy atom. The minimum absolute atomic E-state index is 0.249. The summed E-state index contributed by atoms with van der Waals surface area (Å²) >= 11 is 0. The third-order valence-electron chi connectivity index (χ3n) is 2.81. The van der Waals surface area contributed by atoms with E-state index in [1.165, 1.54) is 0 Å². The lowest BCUT2D eigenvalue weighted by Gasteiger charge is -2.00. The molecule has 16 heavy (non-hydrogen) atoms. The summed E-state index contributed by atoms with van der Waals surface area (Å²) in [7, 11) is 2.03. The van der Waals surface area contributed by atoms with Crippen LogP contribution in [0.1, 0.15) is 25.6 Å². The Balaban J connectivity index is 2.18. The molecule has 0 aliphatic carbocycles. The molecule has 0 atom stereocenters. The molecule has 0 radical (unpaired) electrons. The van der Waals surface area contributed by atoms with E-state index >= 15 is 0 Å². The van der Waals surface area contributed by atoms with E-state index in [0.29, 0.717) is 6.42 Å². The van der Waals surface area contributed by atoms with Gasteiger partial charge in [-0.3, -0.25) is 0 Å². The zero-order valence-corrected chi connectivity index (χ0v) is 9.73. The molecule has 0 aliphatic heterocycles. The van der Waals surface area contributed by atoms with E-state index in [-0.39, 0.29) is 5.78 Å². The highest BCUT2D eigenvalue weighted by atomic mass is 16.1. The third-order valence-corrected chi connectivity index (χ3v) is 2.81. The monoisotopic (exact) mass is 216 g/mol. The fourth-order valence-electron chi connectivity index (χ4n) is 1.91. The number of imidazole rings is 1. The molecular weight excluding hydrogens is 200 g/mol. The SMILES string of the molecule is CC(=O)CCCc1nc2ccccc2n1C. The second-order valence-corrected chi connectivity index (χ2v) is 4.13. The smallest absolute Gasteiger partial charge is 0.129 e. The molecule has 0 unspecified atom stereocenters. The number of para-hydroxylation sites is 2. The van der Waals surface area contributed by atoms with Gasteiger partial charge in [0.05, 0.1) is 11.0 Å². The van der Waals surface area contributed by atoms with Crippen LogP contribution in [0.5, 0.6) is 0 Å². The van der Waals surface area contributed by atoms with Gasteiger partial charge in [-0.05, 0) is 25.5 Å². The van der Waals surface area contributed by atoms with Crippen molar-refractivity contribution in [2.24, 2.45) is 7.05 Å². The second kappa shape index (κ2) is 4.47. The van der Waals surface area contributed by atoms with E-state index in [2.05, 4.69) is 15.6 Å². The number of rotatable bonds is 4. The first-order valence-corrected chi connectivity index (χ1v) is 5.58. The maximum atomic E-state index is 10.9. The highest BCUT2D eigenvalue weighted by molar-refractivity contribution is 5.76. The number of fused-ring (bicyclic) bond motifs is 1. The maximum Gasteiger partial charge on any atom is 0.129 e. The molecule has 0 fully saturated rings. The van der Waals surface area contributed by atoms with Gasteiger partial charge < -0.3 is 9.36 Å². The van der Waals surface area contributed by atoms with Crippen molar-refractivity contribution in [1.29, 1.82) is 0 Å². The fourth-order valence-corrected chi connectivity index (χ4v) is 1.91. The van der Waals surface area contributed by atoms with Crippen molar-refractivity contribution >= 4 is 16.8 Å². The quantitative estimate of drug-likeness (QED) is 0.787. The van der Waals surface area contributed by atoms with Gasteiger partial charge in [0.2, 0.25) is 0 Å². The second-order valence-electron chi connectivity index (χ2n) is 4.13. The fraction of sp³-hybridized carbons (Fsp3) is 0.385. The summed E-state index contributed by atoms with van der Waals surface area (Å²) in [6.07, 6.45) is 2.39. The Bertz CT molecular complexity index is 514. The summed E-state index contributed by atoms with van der Waals surface area (Å²) in [6.45, 7) is 1.63. The van der Waals surface area contributed by atoms with E-state index in [9.17, 15) is 4.79 Å². The van der Waals surface area contributed by atoms with Crippen LogP contribution in [0.25, 0.3) is 11.0 Å². The first kappa shape index (κ1) is 10.9. The largest absolute Gasteiger partial charge is 0.331 e. The Labute approximate surface area is 95.1 Å². The van der Waals surface area contributed by atoms with Crippen LogP contribution in [0.2, 0.25) is 0 Å². The van der Waals surface area contributed by atoms with Gasteiger partial charge in [0.25, 0.3) is 0 Å². The van der Waals surface area contributed by atoms with E-state index in [1.807, 2.05) is 25.2 Å². The lowest BCUT2D eigenvalue weighted by atomic mass is 10.2. The highest BCUT2D eigenvalue weighted by Gasteiger charge is 2.06. The molecular formula is C13H16N2O. The molecule has 3 heteroatoms. The zero-order chi connectivity index (χ0) is 11.5. The summed E-state index contributed by atoms with van der Waals surface area (Å²) in [5, 5.41) is 0. The number of carbonyl (C=O) groups is 1. The van der Waals surface area contributed by atoms with E-state index in [1.54, 1.807) is 6.92 Å². The van der Waals surface area contributed by atoms with Crippen molar-refractivity contribution in [3.05, 3.63) is 30.1 Å². The van der Waals surface area contributed by atoms with Crippen LogP contribution in [-0.4, -0.2) is 15.3 Å². The molecule has 0 aliphatic rings. The topological polar surface area (TPSA) is 34.9 Å². The number of carbonyl (C=O) groups excluding carboxylic acids is 1. The van der Waals surface area contributed by atoms with Crippen molar-refractivity contribution in [2.75, 3.05) is 0 Å². The van der Waals surface area contributed by atoms with Crippen LogP contribution in [0.4, 0.5) is 0 Å². The molecule has 1 aromatic heterocycles. The first-order valence-electron chi connectivity index (χ1n) is 5.58. The third kappa shape index (κ3) is 2.13. The van der Waals surface area contributed by atoms with E-state index in [4.69, 9.17) is 0 Å². The van der Waals surface area contributed by atoms with E-state index < -0.39 is 0 Å². The Morgan fingerprint density at radius 3 is 2.81 bits per heavy atom. The molecule has 0 bridgehead atoms. The molecule has 84 valence electrons. The molecule has 2 rings (SSSR count). The van der Waals surface area contributed by atoms with Crippen LogP contribution in [-0.2, 0) is 18.3 Å². The average Bonchev–Trinajstić information content (AvgIpc) is 2.56. The van der Waals surface area contributed by atoms with E-state index in [0.717, 1.165) is 29.7 Å². The van der Waals surface area contributed by atoms with Crippen molar-refractivity contribution < 1.29 is 4.79 Å². The molecule has 0 amide bonds. The summed E-state index contributed by atoms with van der Waals surface area (Å²) in [5.74, 6) is 1.31. The van der Waals surface area contributed by atoms with Gasteiger partial charge in [0.15, 0.2) is 0 Å². The Kier molecular flexibility index (Phi) is 3.04. The summed E-state index contributed by atoms with van der Waals surface area (Å²) in [6, 6.07) is 8.10. The first-order chi connectivity index (χ1) is 7.68. The van der Waals surface area contributed by atoms with Gasteiger partial charge in [0, 0.05) is 19.9 Å². The number of nitrogens with zero attached hydrogens (tertiary/aromatic N) is 2. The standard InChI is InChI=1S/C13H16N2O/c1-10(16)6-5-9-13-14-11-7-3-4-8-12(11)15(13)2/h3-4,7-8H,5-6,9H2,1-2H3. The van der Waals surface area contributed by atoms with Crippen LogP contribution >= 0.6 is 0 Å². The van der Waals surface area contributed by atoms with Crippen LogP contribution in [0, 0.1) is 0 Å². The predicted octanol–water partition coefficient (Wildman–Crippen LogP) is 2.49. The van der Waals surface area contributed by atoms with Crippen LogP contribution < -0.4 is 0 Å². The zero-order valence-electron chi connectivity index (χ0n) is 9.73. The predicted molar refractivity (Wildman–Crippen MR) is 64.3 cm³/mol. The number of ketones is 1. The number of benzene rings is 1. The molecule has 0 saturated heterocycles. The molecule has 3 nitrogen and oxygen atoms in total. The molecule has 0 N–H and O–H groups in total. The summed E-state index contributed by atoms with van der Waals surface area (Å²) in [4.78, 5) is 15.4. The Morgan fingerprint density at radius 1 is 1.38 bits per heavy atom. The average molecular weight is 216 g/mol. The van der Waals surface area contributed by atoms with Gasteiger partial charge >= 0.3 is 0 Å². The molecule has 1 heterocycles. The maximum absolute atomic E-state index is 10.9. The van der Waals surface area contributed by atoms with Gasteiger partial charge in [-0.25, -0.2) is 4.98 Å². The highest BCUT2D eigenvalue weighted by Crippen LogP contribution is 2.15. The normalized spacial score (nSPS) is 10.9. The van der Waals surface area contributed by atoms with Gasteiger partial charge in [-0.1, -0.05) is 12.1 Å². The minimum atomic E-state index is 0.249. The van der Waals surface area contributed by atoms with Gasteiger partial charge in [-0.15, -0.1) is 0 Å². The van der Waals surface area contributed by atoms with Crippen molar-refractivity contribution in [1.82, 2.24) is 9.55 Å². The molecule has 0 saturated carbocycles. The molecule has 0 spiro atoms. The van der Waals surface area contributed by atoms with Crippen molar-refractivity contribution in [3.63, 3.8) is 0 Å². The number of hydrogen-bond acceptors (Lipinski definition) is 2.